The van der Waals surface area contributed by atoms with Gasteiger partial charge in [-0.25, -0.2) is 0 Å². The molecular weight excluding hydrogens is 304 g/mol. The Bertz CT molecular complexity index is 546. The van der Waals surface area contributed by atoms with Crippen molar-refractivity contribution < 1.29 is 22.5 Å². The molecule has 1 heterocycles. The van der Waals surface area contributed by atoms with E-state index in [0.29, 0.717) is 6.32 Å². The molecule has 0 amide bonds. The number of halogens is 3. The van der Waals surface area contributed by atoms with Crippen LogP contribution in [0.15, 0.2) is 30.3 Å². The Kier molecular flexibility index (Phi) is 4.97. The quantitative estimate of drug-likeness (QED) is 0.708. The standard InChI is InChI=1S/C17H22BF3O2/c1-15(2)16(3,4)23-18(22-15)12-6-5-7-13-8-10-14(11-9-13)17(19,20)21/h5,7-11H,6,12H2,1-4H3/b7-5+. The predicted molar refractivity (Wildman–Crippen MR) is 86.0 cm³/mol. The molecule has 0 spiro atoms. The number of hydrogen-bond acceptors (Lipinski definition) is 2. The first-order valence-electron chi connectivity index (χ1n) is 7.71. The molecule has 0 atom stereocenters. The van der Waals surface area contributed by atoms with Crippen LogP contribution >= 0.6 is 0 Å². The van der Waals surface area contributed by atoms with Crippen molar-refractivity contribution in [2.24, 2.45) is 0 Å². The Morgan fingerprint density at radius 3 is 2.00 bits per heavy atom. The van der Waals surface area contributed by atoms with Crippen molar-refractivity contribution in [2.75, 3.05) is 0 Å². The minimum atomic E-state index is -4.29. The smallest absolute Gasteiger partial charge is 0.403 e. The molecular formula is C17H22BF3O2. The molecule has 0 aromatic heterocycles. The van der Waals surface area contributed by atoms with Gasteiger partial charge in [0.2, 0.25) is 0 Å². The van der Waals surface area contributed by atoms with E-state index >= 15 is 0 Å². The van der Waals surface area contributed by atoms with Crippen LogP contribution in [0, 0.1) is 0 Å². The summed E-state index contributed by atoms with van der Waals surface area (Å²) in [5, 5.41) is 0. The monoisotopic (exact) mass is 326 g/mol. The Hall–Kier alpha value is -1.27. The summed E-state index contributed by atoms with van der Waals surface area (Å²) in [5.74, 6) is 0. The van der Waals surface area contributed by atoms with E-state index in [1.165, 1.54) is 12.1 Å². The van der Waals surface area contributed by atoms with Crippen LogP contribution in [-0.4, -0.2) is 18.3 Å². The van der Waals surface area contributed by atoms with Gasteiger partial charge < -0.3 is 9.31 Å². The van der Waals surface area contributed by atoms with Gasteiger partial charge in [0.25, 0.3) is 0 Å². The minimum Gasteiger partial charge on any atom is -0.403 e. The Morgan fingerprint density at radius 2 is 1.52 bits per heavy atom. The molecule has 1 saturated heterocycles. The first-order chi connectivity index (χ1) is 10.5. The molecule has 1 aromatic rings. The molecule has 1 aliphatic rings. The van der Waals surface area contributed by atoms with E-state index in [1.54, 1.807) is 0 Å². The summed E-state index contributed by atoms with van der Waals surface area (Å²) >= 11 is 0. The molecule has 0 aliphatic carbocycles. The summed E-state index contributed by atoms with van der Waals surface area (Å²) in [6.07, 6.45) is 0.889. The van der Waals surface area contributed by atoms with Crippen molar-refractivity contribution in [1.29, 1.82) is 0 Å². The minimum absolute atomic E-state index is 0.253. The molecule has 0 bridgehead atoms. The lowest BCUT2D eigenvalue weighted by Crippen LogP contribution is -2.41. The predicted octanol–water partition coefficient (Wildman–Crippen LogP) is 5.20. The average molecular weight is 326 g/mol. The highest BCUT2D eigenvalue weighted by molar-refractivity contribution is 6.45. The first kappa shape index (κ1) is 18.1. The van der Waals surface area contributed by atoms with Gasteiger partial charge in [-0.15, -0.1) is 0 Å². The Labute approximate surface area is 135 Å². The largest absolute Gasteiger partial charge is 0.458 e. The third-order valence-corrected chi connectivity index (χ3v) is 4.42. The average Bonchev–Trinajstić information content (AvgIpc) is 2.62. The molecule has 0 saturated carbocycles. The molecule has 6 heteroatoms. The number of allylic oxidation sites excluding steroid dienone is 1. The fourth-order valence-corrected chi connectivity index (χ4v) is 2.32. The lowest BCUT2D eigenvalue weighted by Gasteiger charge is -2.32. The first-order valence-corrected chi connectivity index (χ1v) is 7.71. The Morgan fingerprint density at radius 1 is 1.00 bits per heavy atom. The molecule has 2 nitrogen and oxygen atoms in total. The second kappa shape index (κ2) is 6.32. The maximum atomic E-state index is 12.5. The normalized spacial score (nSPS) is 20.4. The van der Waals surface area contributed by atoms with Gasteiger partial charge in [-0.05, 0) is 58.1 Å². The molecule has 2 rings (SSSR count). The van der Waals surface area contributed by atoms with Crippen molar-refractivity contribution in [2.45, 2.75) is 57.8 Å². The second-order valence-corrected chi connectivity index (χ2v) is 6.79. The zero-order chi connectivity index (χ0) is 17.3. The highest BCUT2D eigenvalue weighted by Gasteiger charge is 2.50. The van der Waals surface area contributed by atoms with E-state index in [1.807, 2.05) is 39.8 Å². The van der Waals surface area contributed by atoms with Crippen molar-refractivity contribution >= 4 is 13.2 Å². The summed E-state index contributed by atoms with van der Waals surface area (Å²) in [5.41, 5.74) is -0.567. The Balaban J connectivity index is 1.84. The van der Waals surface area contributed by atoms with Gasteiger partial charge in [0, 0.05) is 0 Å². The van der Waals surface area contributed by atoms with E-state index in [4.69, 9.17) is 9.31 Å². The summed E-state index contributed by atoms with van der Waals surface area (Å²) in [7, 11) is -0.253. The van der Waals surface area contributed by atoms with Crippen LogP contribution in [0.3, 0.4) is 0 Å². The number of hydrogen-bond donors (Lipinski definition) is 0. The zero-order valence-electron chi connectivity index (χ0n) is 13.9. The fraction of sp³-hybridized carbons (Fsp3) is 0.529. The maximum absolute atomic E-state index is 12.5. The third-order valence-electron chi connectivity index (χ3n) is 4.42. The van der Waals surface area contributed by atoms with Crippen LogP contribution in [0.25, 0.3) is 6.08 Å². The van der Waals surface area contributed by atoms with Gasteiger partial charge in [-0.2, -0.15) is 13.2 Å². The van der Waals surface area contributed by atoms with Crippen molar-refractivity contribution in [1.82, 2.24) is 0 Å². The number of rotatable bonds is 4. The molecule has 0 N–H and O–H groups in total. The third kappa shape index (κ3) is 4.39. The molecule has 1 aromatic carbocycles. The SMILES string of the molecule is CC1(C)OB(CC/C=C/c2ccc(C(F)(F)F)cc2)OC1(C)C. The van der Waals surface area contributed by atoms with E-state index in [9.17, 15) is 13.2 Å². The lowest BCUT2D eigenvalue weighted by atomic mass is 9.83. The molecule has 126 valence electrons. The van der Waals surface area contributed by atoms with Crippen molar-refractivity contribution in [3.8, 4) is 0 Å². The van der Waals surface area contributed by atoms with Crippen LogP contribution in [0.4, 0.5) is 13.2 Å². The second-order valence-electron chi connectivity index (χ2n) is 6.79. The van der Waals surface area contributed by atoms with Crippen molar-refractivity contribution in [3.63, 3.8) is 0 Å². The highest BCUT2D eigenvalue weighted by atomic mass is 19.4. The summed E-state index contributed by atoms with van der Waals surface area (Å²) in [6.45, 7) is 8.02. The zero-order valence-corrected chi connectivity index (χ0v) is 13.9. The van der Waals surface area contributed by atoms with Crippen LogP contribution in [0.1, 0.15) is 45.2 Å². The number of benzene rings is 1. The maximum Gasteiger partial charge on any atom is 0.458 e. The van der Waals surface area contributed by atoms with E-state index in [-0.39, 0.29) is 18.3 Å². The summed E-state index contributed by atoms with van der Waals surface area (Å²) in [4.78, 5) is 0. The summed E-state index contributed by atoms with van der Waals surface area (Å²) in [6, 6.07) is 5.12. The highest BCUT2D eigenvalue weighted by Crippen LogP contribution is 2.38. The van der Waals surface area contributed by atoms with Crippen LogP contribution in [0.2, 0.25) is 6.32 Å². The van der Waals surface area contributed by atoms with Gasteiger partial charge in [0.1, 0.15) is 0 Å². The van der Waals surface area contributed by atoms with Gasteiger partial charge in [-0.1, -0.05) is 24.3 Å². The summed E-state index contributed by atoms with van der Waals surface area (Å²) < 4.78 is 49.2. The lowest BCUT2D eigenvalue weighted by molar-refractivity contribution is -0.137. The molecule has 23 heavy (non-hydrogen) atoms. The van der Waals surface area contributed by atoms with Crippen LogP contribution in [-0.2, 0) is 15.5 Å². The van der Waals surface area contributed by atoms with Gasteiger partial charge in [-0.3, -0.25) is 0 Å². The van der Waals surface area contributed by atoms with E-state index < -0.39 is 11.7 Å². The fourth-order valence-electron chi connectivity index (χ4n) is 2.32. The molecule has 0 radical (unpaired) electrons. The van der Waals surface area contributed by atoms with Crippen LogP contribution in [0.5, 0.6) is 0 Å². The van der Waals surface area contributed by atoms with Crippen LogP contribution < -0.4 is 0 Å². The topological polar surface area (TPSA) is 18.5 Å². The van der Waals surface area contributed by atoms with Gasteiger partial charge in [0.15, 0.2) is 0 Å². The van der Waals surface area contributed by atoms with Crippen molar-refractivity contribution in [3.05, 3.63) is 41.5 Å². The van der Waals surface area contributed by atoms with E-state index in [2.05, 4.69) is 0 Å². The van der Waals surface area contributed by atoms with E-state index in [0.717, 1.165) is 24.1 Å². The molecule has 1 fully saturated rings. The molecule has 0 unspecified atom stereocenters. The van der Waals surface area contributed by atoms with Gasteiger partial charge >= 0.3 is 13.3 Å². The van der Waals surface area contributed by atoms with Gasteiger partial charge in [0.05, 0.1) is 16.8 Å². The molecule has 1 aliphatic heterocycles. The number of alkyl halides is 3.